The minimum Gasteiger partial charge on any atom is -0.365 e. The highest BCUT2D eigenvalue weighted by Gasteiger charge is 2.35. The molecule has 3 N–H and O–H groups in total. The minimum absolute atomic E-state index is 0.0255. The Morgan fingerprint density at radius 3 is 2.55 bits per heavy atom. The largest absolute Gasteiger partial charge is 0.405 e. The van der Waals surface area contributed by atoms with Crippen molar-refractivity contribution in [1.82, 2.24) is 19.9 Å². The van der Waals surface area contributed by atoms with E-state index < -0.39 is 30.2 Å². The molecule has 0 radical (unpaired) electrons. The van der Waals surface area contributed by atoms with Gasteiger partial charge in [-0.05, 0) is 18.9 Å². The van der Waals surface area contributed by atoms with Crippen LogP contribution >= 0.6 is 0 Å². The number of H-pyrrole nitrogens is 1. The molecule has 0 amide bonds. The summed E-state index contributed by atoms with van der Waals surface area (Å²) in [7, 11) is 0. The number of ketones is 1. The van der Waals surface area contributed by atoms with Gasteiger partial charge >= 0.3 is 6.18 Å². The fourth-order valence-electron chi connectivity index (χ4n) is 3.66. The molecule has 1 aliphatic rings. The average molecular weight is 472 g/mol. The molecule has 4 rings (SSSR count). The van der Waals surface area contributed by atoms with E-state index in [2.05, 4.69) is 30.6 Å². The summed E-state index contributed by atoms with van der Waals surface area (Å²) >= 11 is 0. The van der Waals surface area contributed by atoms with Crippen molar-refractivity contribution in [3.63, 3.8) is 0 Å². The van der Waals surface area contributed by atoms with Gasteiger partial charge in [-0.15, -0.1) is 0 Å². The predicted octanol–water partition coefficient (Wildman–Crippen LogP) is 4.69. The van der Waals surface area contributed by atoms with Gasteiger partial charge in [0.2, 0.25) is 5.92 Å². The van der Waals surface area contributed by atoms with Crippen molar-refractivity contribution in [1.29, 1.82) is 0 Å². The van der Waals surface area contributed by atoms with Crippen molar-refractivity contribution in [2.24, 2.45) is 0 Å². The maximum atomic E-state index is 14.6. The number of carbonyl (C=O) groups excluding carboxylic acids is 1. The summed E-state index contributed by atoms with van der Waals surface area (Å²) in [4.78, 5) is 27.2. The Bertz CT molecular complexity index is 1170. The molecule has 0 aromatic carbocycles. The molecule has 3 aromatic rings. The van der Waals surface area contributed by atoms with Gasteiger partial charge in [0, 0.05) is 36.8 Å². The molecule has 0 saturated heterocycles. The van der Waals surface area contributed by atoms with Crippen LogP contribution in [0.2, 0.25) is 0 Å². The second kappa shape index (κ2) is 8.52. The Hall–Kier alpha value is -3.38. The first-order valence-corrected chi connectivity index (χ1v) is 10.00. The smallest absolute Gasteiger partial charge is 0.365 e. The first-order chi connectivity index (χ1) is 15.5. The number of halogens is 6. The molecule has 0 bridgehead atoms. The number of pyridine rings is 1. The molecule has 0 aliphatic heterocycles. The van der Waals surface area contributed by atoms with E-state index in [4.69, 9.17) is 0 Å². The third-order valence-corrected chi connectivity index (χ3v) is 5.33. The zero-order valence-corrected chi connectivity index (χ0v) is 16.9. The summed E-state index contributed by atoms with van der Waals surface area (Å²) in [6.07, 6.45) is -1.44. The number of carbonyl (C=O) groups is 1. The molecule has 0 spiro atoms. The highest BCUT2D eigenvalue weighted by Crippen LogP contribution is 2.34. The quantitative estimate of drug-likeness (QED) is 0.356. The zero-order chi connectivity index (χ0) is 23.8. The van der Waals surface area contributed by atoms with Crippen LogP contribution in [0.25, 0.3) is 11.0 Å². The highest BCUT2D eigenvalue weighted by atomic mass is 19.4. The van der Waals surface area contributed by atoms with Crippen LogP contribution in [0.15, 0.2) is 24.8 Å². The topological polar surface area (TPSA) is 95.6 Å². The van der Waals surface area contributed by atoms with Crippen molar-refractivity contribution in [3.8, 4) is 0 Å². The first-order valence-electron chi connectivity index (χ1n) is 10.00. The number of hydrogen-bond donors (Lipinski definition) is 3. The Balaban J connectivity index is 1.55. The summed E-state index contributed by atoms with van der Waals surface area (Å²) < 4.78 is 79.0. The Morgan fingerprint density at radius 2 is 1.88 bits per heavy atom. The van der Waals surface area contributed by atoms with Gasteiger partial charge in [0.05, 0.1) is 10.9 Å². The molecule has 0 atom stereocenters. The molecule has 0 unspecified atom stereocenters. The van der Waals surface area contributed by atoms with Crippen LogP contribution in [-0.2, 0) is 0 Å². The SMILES string of the molecule is O=C(c1cnc(NC2CCC(F)(F)CC2)c(F)c1)c1c[nH]c2ncnc(NCC(F)(F)F)c12. The number of rotatable bonds is 6. The number of hydrogen-bond acceptors (Lipinski definition) is 6. The molecule has 1 saturated carbocycles. The van der Waals surface area contributed by atoms with Gasteiger partial charge in [0.1, 0.15) is 24.3 Å². The highest BCUT2D eigenvalue weighted by molar-refractivity contribution is 6.17. The number of aromatic amines is 1. The normalized spacial score (nSPS) is 16.7. The van der Waals surface area contributed by atoms with Crippen molar-refractivity contribution in [3.05, 3.63) is 41.7 Å². The Morgan fingerprint density at radius 1 is 1.15 bits per heavy atom. The van der Waals surface area contributed by atoms with Gasteiger partial charge in [-0.25, -0.2) is 28.1 Å². The number of fused-ring (bicyclic) bond motifs is 1. The maximum Gasteiger partial charge on any atom is 0.405 e. The van der Waals surface area contributed by atoms with Crippen molar-refractivity contribution in [2.45, 2.75) is 43.8 Å². The third kappa shape index (κ3) is 5.17. The van der Waals surface area contributed by atoms with Crippen molar-refractivity contribution >= 4 is 28.5 Å². The number of aromatic nitrogens is 4. The molecule has 176 valence electrons. The Kier molecular flexibility index (Phi) is 5.89. The van der Waals surface area contributed by atoms with Gasteiger partial charge in [-0.2, -0.15) is 13.2 Å². The van der Waals surface area contributed by atoms with E-state index in [0.29, 0.717) is 0 Å². The molecule has 7 nitrogen and oxygen atoms in total. The number of anilines is 2. The summed E-state index contributed by atoms with van der Waals surface area (Å²) in [5.74, 6) is -4.66. The van der Waals surface area contributed by atoms with E-state index in [0.717, 1.165) is 18.6 Å². The molecule has 13 heteroatoms. The van der Waals surface area contributed by atoms with Crippen LogP contribution in [0.3, 0.4) is 0 Å². The number of alkyl halides is 5. The molecule has 1 aliphatic carbocycles. The van der Waals surface area contributed by atoms with Crippen LogP contribution in [0.4, 0.5) is 38.0 Å². The van der Waals surface area contributed by atoms with Gasteiger partial charge in [-0.3, -0.25) is 4.79 Å². The molecule has 3 heterocycles. The van der Waals surface area contributed by atoms with E-state index in [1.54, 1.807) is 0 Å². The second-order valence-electron chi connectivity index (χ2n) is 7.78. The molecule has 1 fully saturated rings. The van der Waals surface area contributed by atoms with Crippen LogP contribution < -0.4 is 10.6 Å². The molecular weight excluding hydrogens is 454 g/mol. The number of nitrogens with one attached hydrogen (secondary N) is 3. The third-order valence-electron chi connectivity index (χ3n) is 5.33. The predicted molar refractivity (Wildman–Crippen MR) is 107 cm³/mol. The fraction of sp³-hybridized carbons (Fsp3) is 0.400. The van der Waals surface area contributed by atoms with Crippen LogP contribution in [0.5, 0.6) is 0 Å². The van der Waals surface area contributed by atoms with Crippen LogP contribution in [0, 0.1) is 5.82 Å². The molecule has 33 heavy (non-hydrogen) atoms. The standard InChI is InChI=1S/C20H18F6N6O/c21-13-5-10(6-27-16(13)32-11-1-3-19(22,23)4-2-11)15(33)12-7-28-17-14(12)18(31-9-30-17)29-8-20(24,25)26/h5-7,9,11H,1-4,8H2,(H,27,32)(H2,28,29,30,31). The van der Waals surface area contributed by atoms with E-state index in [-0.39, 0.29) is 65.5 Å². The summed E-state index contributed by atoms with van der Waals surface area (Å²) in [6.45, 7) is -1.37. The van der Waals surface area contributed by atoms with Crippen LogP contribution in [0.1, 0.15) is 41.6 Å². The molecular formula is C20H18F6N6O. The van der Waals surface area contributed by atoms with Crippen LogP contribution in [-0.4, -0.2) is 50.4 Å². The van der Waals surface area contributed by atoms with E-state index in [9.17, 15) is 31.1 Å². The van der Waals surface area contributed by atoms with Crippen molar-refractivity contribution in [2.75, 3.05) is 17.2 Å². The lowest BCUT2D eigenvalue weighted by Gasteiger charge is -2.29. The van der Waals surface area contributed by atoms with Gasteiger partial charge in [0.15, 0.2) is 17.4 Å². The minimum atomic E-state index is -4.51. The van der Waals surface area contributed by atoms with E-state index in [1.807, 2.05) is 0 Å². The Labute approximate surface area is 183 Å². The lowest BCUT2D eigenvalue weighted by atomic mass is 9.92. The summed E-state index contributed by atoms with van der Waals surface area (Å²) in [5, 5.41) is 4.94. The van der Waals surface area contributed by atoms with E-state index >= 15 is 0 Å². The zero-order valence-electron chi connectivity index (χ0n) is 16.9. The second-order valence-corrected chi connectivity index (χ2v) is 7.78. The van der Waals surface area contributed by atoms with Crippen molar-refractivity contribution < 1.29 is 31.1 Å². The van der Waals surface area contributed by atoms with E-state index in [1.165, 1.54) is 6.20 Å². The van der Waals surface area contributed by atoms with Gasteiger partial charge < -0.3 is 15.6 Å². The van der Waals surface area contributed by atoms with Gasteiger partial charge in [-0.1, -0.05) is 0 Å². The molecule has 3 aromatic heterocycles. The number of nitrogens with zero attached hydrogens (tertiary/aromatic N) is 3. The maximum absolute atomic E-state index is 14.6. The summed E-state index contributed by atoms with van der Waals surface area (Å²) in [6, 6.07) is 0.557. The monoisotopic (exact) mass is 472 g/mol. The average Bonchev–Trinajstić information content (AvgIpc) is 3.19. The first kappa shape index (κ1) is 22.8. The lowest BCUT2D eigenvalue weighted by molar-refractivity contribution is -0.115. The lowest BCUT2D eigenvalue weighted by Crippen LogP contribution is -2.32. The summed E-state index contributed by atoms with van der Waals surface area (Å²) in [5.41, 5.74) is -0.0923. The fourth-order valence-corrected chi connectivity index (χ4v) is 3.66. The van der Waals surface area contributed by atoms with Gasteiger partial charge in [0.25, 0.3) is 0 Å².